The molecule has 3 aromatic heterocycles. The minimum absolute atomic E-state index is 0.00630. The minimum Gasteiger partial charge on any atom is -0.380 e. The molecule has 2 N–H and O–H groups in total. The molecule has 0 spiro atoms. The second-order valence-electron chi connectivity index (χ2n) is 10.7. The van der Waals surface area contributed by atoms with Gasteiger partial charge < -0.3 is 9.88 Å². The Morgan fingerprint density at radius 3 is 2.55 bits per heavy atom. The molecule has 3 heterocycles. The van der Waals surface area contributed by atoms with Crippen molar-refractivity contribution in [3.63, 3.8) is 0 Å². The standard InChI is InChI=1S/C28H26F4N6O2/c29-22-10-20-17(9-21(22)25-33-11-18(12-34-25)16-4-5-16)6-7-38(27(20)40)14-15-2-1-3-19(8-15)36-23-13-35-37-26(39)24(23)28(30,31)32/h6-7,9-13,15-16,19H,1-5,8,14H2,(H2,36,37,39)/t15-,19+/m1/s1. The van der Waals surface area contributed by atoms with Crippen molar-refractivity contribution in [1.29, 1.82) is 0 Å². The Morgan fingerprint density at radius 1 is 1.05 bits per heavy atom. The summed E-state index contributed by atoms with van der Waals surface area (Å²) in [6.45, 7) is 0.335. The first-order chi connectivity index (χ1) is 19.2. The van der Waals surface area contributed by atoms with Gasteiger partial charge >= 0.3 is 6.18 Å². The normalized spacial score (nSPS) is 19.6. The maximum Gasteiger partial charge on any atom is 0.423 e. The number of anilines is 1. The number of rotatable bonds is 6. The van der Waals surface area contributed by atoms with E-state index in [0.717, 1.165) is 37.4 Å². The molecule has 0 bridgehead atoms. The van der Waals surface area contributed by atoms with Crippen LogP contribution in [0.4, 0.5) is 23.2 Å². The van der Waals surface area contributed by atoms with Gasteiger partial charge in [0.1, 0.15) is 11.4 Å². The van der Waals surface area contributed by atoms with Gasteiger partial charge in [-0.25, -0.2) is 19.5 Å². The number of pyridine rings is 1. The number of hydrogen-bond acceptors (Lipinski definition) is 6. The van der Waals surface area contributed by atoms with Crippen LogP contribution in [0.3, 0.4) is 0 Å². The first-order valence-electron chi connectivity index (χ1n) is 13.2. The van der Waals surface area contributed by atoms with E-state index in [2.05, 4.69) is 20.4 Å². The van der Waals surface area contributed by atoms with Gasteiger partial charge in [0.25, 0.3) is 11.1 Å². The summed E-state index contributed by atoms with van der Waals surface area (Å²) in [4.78, 5) is 33.7. The molecule has 8 nitrogen and oxygen atoms in total. The van der Waals surface area contributed by atoms with Gasteiger partial charge in [-0.1, -0.05) is 6.42 Å². The van der Waals surface area contributed by atoms with Gasteiger partial charge in [0, 0.05) is 31.2 Å². The lowest BCUT2D eigenvalue weighted by atomic mass is 9.85. The summed E-state index contributed by atoms with van der Waals surface area (Å²) in [5, 5.41) is 8.99. The van der Waals surface area contributed by atoms with Gasteiger partial charge in [-0.05, 0) is 73.1 Å². The Morgan fingerprint density at radius 2 is 1.82 bits per heavy atom. The Bertz CT molecular complexity index is 1680. The Kier molecular flexibility index (Phi) is 6.63. The fourth-order valence-corrected chi connectivity index (χ4v) is 5.60. The number of aromatic amines is 1. The fourth-order valence-electron chi connectivity index (χ4n) is 5.60. The third-order valence-electron chi connectivity index (χ3n) is 7.76. The summed E-state index contributed by atoms with van der Waals surface area (Å²) in [5.41, 5.74) is -2.04. The Balaban J connectivity index is 1.20. The van der Waals surface area contributed by atoms with Gasteiger partial charge in [0.2, 0.25) is 0 Å². The summed E-state index contributed by atoms with van der Waals surface area (Å²) < 4.78 is 56.9. The topological polar surface area (TPSA) is 106 Å². The molecule has 12 heteroatoms. The van der Waals surface area contributed by atoms with E-state index in [1.54, 1.807) is 30.7 Å². The van der Waals surface area contributed by atoms with E-state index < -0.39 is 23.1 Å². The summed E-state index contributed by atoms with van der Waals surface area (Å²) in [7, 11) is 0. The van der Waals surface area contributed by atoms with Crippen LogP contribution in [-0.4, -0.2) is 30.8 Å². The van der Waals surface area contributed by atoms with Gasteiger partial charge in [-0.3, -0.25) is 9.59 Å². The zero-order valence-corrected chi connectivity index (χ0v) is 21.3. The third kappa shape index (κ3) is 5.22. The number of nitrogens with zero attached hydrogens (tertiary/aromatic N) is 4. The van der Waals surface area contributed by atoms with E-state index in [-0.39, 0.29) is 40.0 Å². The van der Waals surface area contributed by atoms with Crippen molar-refractivity contribution >= 4 is 16.5 Å². The molecule has 6 rings (SSSR count). The highest BCUT2D eigenvalue weighted by Crippen LogP contribution is 2.39. The summed E-state index contributed by atoms with van der Waals surface area (Å²) in [6.07, 6.45) is 6.11. The first kappa shape index (κ1) is 26.1. The van der Waals surface area contributed by atoms with Crippen LogP contribution in [0.1, 0.15) is 55.6 Å². The van der Waals surface area contributed by atoms with Crippen LogP contribution in [-0.2, 0) is 12.7 Å². The largest absolute Gasteiger partial charge is 0.423 e. The second-order valence-corrected chi connectivity index (χ2v) is 10.7. The first-order valence-corrected chi connectivity index (χ1v) is 13.2. The predicted molar refractivity (Wildman–Crippen MR) is 140 cm³/mol. The predicted octanol–water partition coefficient (Wildman–Crippen LogP) is 5.25. The highest BCUT2D eigenvalue weighted by Gasteiger charge is 2.38. The maximum atomic E-state index is 15.1. The molecule has 1 aromatic carbocycles. The second kappa shape index (κ2) is 10.1. The summed E-state index contributed by atoms with van der Waals surface area (Å²) in [6, 6.07) is 4.21. The number of aromatic nitrogens is 5. The van der Waals surface area contributed by atoms with E-state index in [9.17, 15) is 22.8 Å². The number of H-pyrrole nitrogens is 1. The molecule has 0 radical (unpaired) electrons. The van der Waals surface area contributed by atoms with Crippen LogP contribution >= 0.6 is 0 Å². The number of fused-ring (bicyclic) bond motifs is 1. The van der Waals surface area contributed by atoms with E-state index in [1.165, 1.54) is 10.6 Å². The molecule has 2 aliphatic rings. The minimum atomic E-state index is -4.83. The fraction of sp³-hybridized carbons (Fsp3) is 0.393. The number of alkyl halides is 3. The van der Waals surface area contributed by atoms with Crippen LogP contribution < -0.4 is 16.4 Å². The van der Waals surface area contributed by atoms with Crippen molar-refractivity contribution < 1.29 is 17.6 Å². The van der Waals surface area contributed by atoms with E-state index >= 15 is 4.39 Å². The quantitative estimate of drug-likeness (QED) is 0.316. The van der Waals surface area contributed by atoms with E-state index in [1.807, 2.05) is 5.10 Å². The smallest absolute Gasteiger partial charge is 0.380 e. The average molecular weight is 555 g/mol. The molecule has 2 atom stereocenters. The molecule has 208 valence electrons. The maximum absolute atomic E-state index is 15.1. The van der Waals surface area contributed by atoms with Crippen LogP contribution in [0, 0.1) is 11.7 Å². The number of nitrogens with one attached hydrogen (secondary N) is 2. The van der Waals surface area contributed by atoms with Crippen LogP contribution in [0.25, 0.3) is 22.2 Å². The molecule has 2 aliphatic carbocycles. The average Bonchev–Trinajstić information content (AvgIpc) is 3.76. The zero-order valence-electron chi connectivity index (χ0n) is 21.3. The molecule has 0 saturated heterocycles. The number of benzene rings is 1. The van der Waals surface area contributed by atoms with Crippen molar-refractivity contribution in [3.8, 4) is 11.4 Å². The van der Waals surface area contributed by atoms with E-state index in [4.69, 9.17) is 0 Å². The lowest BCUT2D eigenvalue weighted by Crippen LogP contribution is -2.33. The molecule has 2 saturated carbocycles. The zero-order chi connectivity index (χ0) is 28.0. The van der Waals surface area contributed by atoms with Crippen LogP contribution in [0.15, 0.2) is 52.6 Å². The molecule has 2 fully saturated rings. The van der Waals surface area contributed by atoms with Gasteiger partial charge in [0.05, 0.1) is 22.8 Å². The van der Waals surface area contributed by atoms with Crippen LogP contribution in [0.5, 0.6) is 0 Å². The highest BCUT2D eigenvalue weighted by atomic mass is 19.4. The Hall–Kier alpha value is -4.09. The van der Waals surface area contributed by atoms with Crippen molar-refractivity contribution in [1.82, 2.24) is 24.7 Å². The van der Waals surface area contributed by atoms with Crippen molar-refractivity contribution in [2.45, 2.75) is 63.2 Å². The van der Waals surface area contributed by atoms with Crippen molar-refractivity contribution in [2.75, 3.05) is 5.32 Å². The highest BCUT2D eigenvalue weighted by molar-refractivity contribution is 5.86. The third-order valence-corrected chi connectivity index (χ3v) is 7.76. The molecule has 40 heavy (non-hydrogen) atoms. The van der Waals surface area contributed by atoms with Gasteiger partial charge in [-0.15, -0.1) is 0 Å². The molecule has 0 amide bonds. The number of halogens is 4. The SMILES string of the molecule is O=c1[nH]ncc(N[C@H]2CCC[C@@H](Cn3ccc4cc(-c5ncc(C6CC6)cn5)c(F)cc4c3=O)C2)c1C(F)(F)F. The van der Waals surface area contributed by atoms with Crippen molar-refractivity contribution in [2.24, 2.45) is 5.92 Å². The summed E-state index contributed by atoms with van der Waals surface area (Å²) in [5.74, 6) is 0.155. The van der Waals surface area contributed by atoms with Gasteiger partial charge in [-0.2, -0.15) is 18.3 Å². The van der Waals surface area contributed by atoms with Crippen molar-refractivity contribution in [3.05, 3.63) is 80.6 Å². The lowest BCUT2D eigenvalue weighted by Gasteiger charge is -2.31. The molecular weight excluding hydrogens is 528 g/mol. The molecule has 0 unspecified atom stereocenters. The monoisotopic (exact) mass is 554 g/mol. The van der Waals surface area contributed by atoms with Crippen LogP contribution in [0.2, 0.25) is 0 Å². The molecule has 4 aromatic rings. The summed E-state index contributed by atoms with van der Waals surface area (Å²) >= 11 is 0. The Labute approximate surface area is 225 Å². The number of hydrogen-bond donors (Lipinski definition) is 2. The van der Waals surface area contributed by atoms with E-state index in [0.29, 0.717) is 30.7 Å². The molecular formula is C28H26F4N6O2. The lowest BCUT2D eigenvalue weighted by molar-refractivity contribution is -0.138. The molecule has 0 aliphatic heterocycles. The van der Waals surface area contributed by atoms with Gasteiger partial charge in [0.15, 0.2) is 5.82 Å².